The minimum Gasteiger partial charge on any atom is -0.481 e. The number of carboxylic acid groups (broad SMARTS) is 1. The highest BCUT2D eigenvalue weighted by molar-refractivity contribution is 7.99. The van der Waals surface area contributed by atoms with Gasteiger partial charge >= 0.3 is 5.97 Å². The van der Waals surface area contributed by atoms with Gasteiger partial charge in [0.15, 0.2) is 5.16 Å². The number of carboxylic acids is 1. The highest BCUT2D eigenvalue weighted by Crippen LogP contribution is 2.20. The van der Waals surface area contributed by atoms with E-state index < -0.39 is 5.97 Å². The SMILES string of the molecule is Cc1ccc(CN(C)c2nnc(SCC(=O)O)n2C)cc1. The normalized spacial score (nSPS) is 10.6. The molecule has 0 aliphatic heterocycles. The van der Waals surface area contributed by atoms with Crippen molar-refractivity contribution in [1.82, 2.24) is 14.8 Å². The summed E-state index contributed by atoms with van der Waals surface area (Å²) >= 11 is 1.16. The predicted octanol–water partition coefficient (Wildman–Crippen LogP) is 1.94. The van der Waals surface area contributed by atoms with Crippen LogP contribution < -0.4 is 4.90 Å². The van der Waals surface area contributed by atoms with E-state index in [1.165, 1.54) is 11.1 Å². The van der Waals surface area contributed by atoms with Crippen molar-refractivity contribution in [1.29, 1.82) is 0 Å². The summed E-state index contributed by atoms with van der Waals surface area (Å²) in [7, 11) is 3.78. The minimum absolute atomic E-state index is 0.0202. The quantitative estimate of drug-likeness (QED) is 0.822. The van der Waals surface area contributed by atoms with Crippen molar-refractivity contribution >= 4 is 23.7 Å². The number of rotatable bonds is 6. The second-order valence-corrected chi connectivity index (χ2v) is 5.81. The van der Waals surface area contributed by atoms with Crippen molar-refractivity contribution in [2.24, 2.45) is 7.05 Å². The molecule has 0 unspecified atom stereocenters. The van der Waals surface area contributed by atoms with E-state index in [1.54, 1.807) is 0 Å². The first-order valence-electron chi connectivity index (χ1n) is 6.48. The third-order valence-corrected chi connectivity index (χ3v) is 4.02. The van der Waals surface area contributed by atoms with Crippen LogP contribution in [0.2, 0.25) is 0 Å². The molecular weight excluding hydrogens is 288 g/mol. The van der Waals surface area contributed by atoms with Crippen LogP contribution in [0.25, 0.3) is 0 Å². The molecule has 7 heteroatoms. The van der Waals surface area contributed by atoms with Crippen molar-refractivity contribution < 1.29 is 9.90 Å². The molecule has 0 fully saturated rings. The number of hydrogen-bond acceptors (Lipinski definition) is 5. The van der Waals surface area contributed by atoms with Crippen LogP contribution in [-0.4, -0.2) is 38.6 Å². The molecule has 6 nitrogen and oxygen atoms in total. The van der Waals surface area contributed by atoms with Gasteiger partial charge in [-0.3, -0.25) is 9.36 Å². The maximum absolute atomic E-state index is 10.6. The van der Waals surface area contributed by atoms with Crippen LogP contribution in [-0.2, 0) is 18.4 Å². The average Bonchev–Trinajstić information content (AvgIpc) is 2.80. The van der Waals surface area contributed by atoms with Crippen molar-refractivity contribution in [2.45, 2.75) is 18.6 Å². The standard InChI is InChI=1S/C14H18N4O2S/c1-10-4-6-11(7-5-10)8-17(2)13-15-16-14(18(13)3)21-9-12(19)20/h4-7H,8-9H2,1-3H3,(H,19,20). The number of benzene rings is 1. The molecule has 0 atom stereocenters. The minimum atomic E-state index is -0.863. The maximum atomic E-state index is 10.6. The van der Waals surface area contributed by atoms with Crippen LogP contribution in [0, 0.1) is 6.92 Å². The largest absolute Gasteiger partial charge is 0.481 e. The van der Waals surface area contributed by atoms with E-state index >= 15 is 0 Å². The Balaban J connectivity index is 2.07. The fourth-order valence-electron chi connectivity index (χ4n) is 1.93. The third-order valence-electron chi connectivity index (χ3n) is 3.02. The lowest BCUT2D eigenvalue weighted by molar-refractivity contribution is -0.133. The fraction of sp³-hybridized carbons (Fsp3) is 0.357. The van der Waals surface area contributed by atoms with Gasteiger partial charge in [0, 0.05) is 20.6 Å². The van der Waals surface area contributed by atoms with Crippen LogP contribution in [0.3, 0.4) is 0 Å². The molecule has 0 radical (unpaired) electrons. The molecule has 1 N–H and O–H groups in total. The van der Waals surface area contributed by atoms with E-state index in [0.717, 1.165) is 18.3 Å². The lowest BCUT2D eigenvalue weighted by Gasteiger charge is -2.17. The first-order valence-corrected chi connectivity index (χ1v) is 7.46. The summed E-state index contributed by atoms with van der Waals surface area (Å²) < 4.78 is 1.81. The van der Waals surface area contributed by atoms with Gasteiger partial charge in [0.1, 0.15) is 0 Å². The zero-order valence-corrected chi connectivity index (χ0v) is 13.1. The van der Waals surface area contributed by atoms with Crippen LogP contribution in [0.4, 0.5) is 5.95 Å². The number of anilines is 1. The first-order chi connectivity index (χ1) is 9.97. The van der Waals surface area contributed by atoms with Crippen molar-refractivity contribution in [3.8, 4) is 0 Å². The molecule has 0 aliphatic carbocycles. The second kappa shape index (κ2) is 6.62. The number of hydrogen-bond donors (Lipinski definition) is 1. The number of thioether (sulfide) groups is 1. The maximum Gasteiger partial charge on any atom is 0.313 e. The van der Waals surface area contributed by atoms with E-state index in [9.17, 15) is 4.79 Å². The fourth-order valence-corrected chi connectivity index (χ4v) is 2.56. The number of aliphatic carboxylic acids is 1. The Morgan fingerprint density at radius 1 is 1.33 bits per heavy atom. The topological polar surface area (TPSA) is 71.2 Å². The monoisotopic (exact) mass is 306 g/mol. The molecule has 1 heterocycles. The summed E-state index contributed by atoms with van der Waals surface area (Å²) in [5, 5.41) is 17.5. The lowest BCUT2D eigenvalue weighted by atomic mass is 10.1. The Labute approximate surface area is 127 Å². The van der Waals surface area contributed by atoms with Crippen LogP contribution in [0.5, 0.6) is 0 Å². The smallest absolute Gasteiger partial charge is 0.313 e. The molecule has 21 heavy (non-hydrogen) atoms. The number of carbonyl (C=O) groups is 1. The molecule has 0 aliphatic rings. The van der Waals surface area contributed by atoms with E-state index in [1.807, 2.05) is 23.6 Å². The Bertz CT molecular complexity index is 624. The van der Waals surface area contributed by atoms with Gasteiger partial charge in [-0.15, -0.1) is 10.2 Å². The zero-order valence-electron chi connectivity index (χ0n) is 12.3. The first kappa shape index (κ1) is 15.4. The third kappa shape index (κ3) is 3.98. The van der Waals surface area contributed by atoms with Crippen LogP contribution in [0.1, 0.15) is 11.1 Å². The van der Waals surface area contributed by atoms with Gasteiger partial charge in [0.25, 0.3) is 0 Å². The van der Waals surface area contributed by atoms with Gasteiger partial charge in [-0.25, -0.2) is 0 Å². The Kier molecular flexibility index (Phi) is 4.85. The number of aryl methyl sites for hydroxylation is 1. The second-order valence-electron chi connectivity index (χ2n) is 4.87. The van der Waals surface area contributed by atoms with Crippen molar-refractivity contribution in [2.75, 3.05) is 17.7 Å². The van der Waals surface area contributed by atoms with Gasteiger partial charge in [-0.2, -0.15) is 0 Å². The molecule has 1 aromatic heterocycles. The predicted molar refractivity (Wildman–Crippen MR) is 82.6 cm³/mol. The molecule has 1 aromatic carbocycles. The molecular formula is C14H18N4O2S. The summed E-state index contributed by atoms with van der Waals surface area (Å²) in [4.78, 5) is 12.6. The van der Waals surface area contributed by atoms with Gasteiger partial charge in [0.2, 0.25) is 5.95 Å². The van der Waals surface area contributed by atoms with E-state index in [0.29, 0.717) is 11.1 Å². The molecule has 2 rings (SSSR count). The lowest BCUT2D eigenvalue weighted by Crippen LogP contribution is -2.20. The van der Waals surface area contributed by atoms with E-state index in [4.69, 9.17) is 5.11 Å². The molecule has 0 spiro atoms. The molecule has 0 saturated carbocycles. The van der Waals surface area contributed by atoms with Gasteiger partial charge in [-0.1, -0.05) is 41.6 Å². The summed E-state index contributed by atoms with van der Waals surface area (Å²) in [5.41, 5.74) is 2.42. The Morgan fingerprint density at radius 3 is 2.62 bits per heavy atom. The van der Waals surface area contributed by atoms with Gasteiger partial charge < -0.3 is 10.0 Å². The Morgan fingerprint density at radius 2 is 2.00 bits per heavy atom. The Hall–Kier alpha value is -2.02. The number of nitrogens with zero attached hydrogens (tertiary/aromatic N) is 4. The number of aromatic nitrogens is 3. The molecule has 0 bridgehead atoms. The van der Waals surface area contributed by atoms with E-state index in [-0.39, 0.29) is 5.75 Å². The van der Waals surface area contributed by atoms with Crippen molar-refractivity contribution in [3.05, 3.63) is 35.4 Å². The van der Waals surface area contributed by atoms with Crippen molar-refractivity contribution in [3.63, 3.8) is 0 Å². The highest BCUT2D eigenvalue weighted by Gasteiger charge is 2.14. The average molecular weight is 306 g/mol. The highest BCUT2D eigenvalue weighted by atomic mass is 32.2. The molecule has 0 amide bonds. The summed E-state index contributed by atoms with van der Waals surface area (Å²) in [5.74, 6) is -0.172. The van der Waals surface area contributed by atoms with E-state index in [2.05, 4.69) is 41.4 Å². The van der Waals surface area contributed by atoms with Gasteiger partial charge in [0.05, 0.1) is 5.75 Å². The summed E-state index contributed by atoms with van der Waals surface area (Å²) in [6.45, 7) is 2.78. The molecule has 0 saturated heterocycles. The van der Waals surface area contributed by atoms with Gasteiger partial charge in [-0.05, 0) is 12.5 Å². The zero-order chi connectivity index (χ0) is 15.4. The molecule has 112 valence electrons. The van der Waals surface area contributed by atoms with Crippen LogP contribution in [0.15, 0.2) is 29.4 Å². The molecule has 2 aromatic rings. The summed E-state index contributed by atoms with van der Waals surface area (Å²) in [6, 6.07) is 8.33. The summed E-state index contributed by atoms with van der Waals surface area (Å²) in [6.07, 6.45) is 0. The van der Waals surface area contributed by atoms with Crippen LogP contribution >= 0.6 is 11.8 Å².